The van der Waals surface area contributed by atoms with Crippen LogP contribution in [0.15, 0.2) is 84.9 Å². The van der Waals surface area contributed by atoms with E-state index in [-0.39, 0.29) is 5.41 Å². The molecule has 0 atom stereocenters. The molecular weight excluding hydrogens is 342 g/mol. The van der Waals surface area contributed by atoms with Gasteiger partial charge in [0, 0.05) is 16.7 Å². The molecule has 136 valence electrons. The minimum Gasteiger partial charge on any atom is -0.310 e. The van der Waals surface area contributed by atoms with Crippen LogP contribution in [-0.2, 0) is 5.41 Å². The molecule has 2 heteroatoms. The lowest BCUT2D eigenvalue weighted by Crippen LogP contribution is -2.30. The number of hydrogen-bond donors (Lipinski definition) is 0. The van der Waals surface area contributed by atoms with E-state index in [0.717, 1.165) is 22.7 Å². The summed E-state index contributed by atoms with van der Waals surface area (Å²) in [5.41, 5.74) is 6.71. The van der Waals surface area contributed by atoms with Crippen molar-refractivity contribution in [1.29, 1.82) is 0 Å². The number of aldehydes is 1. The van der Waals surface area contributed by atoms with Crippen LogP contribution in [0.4, 0.5) is 17.1 Å². The highest BCUT2D eigenvalue weighted by Gasteiger charge is 2.36. The summed E-state index contributed by atoms with van der Waals surface area (Å²) >= 11 is 0. The number of benzene rings is 4. The van der Waals surface area contributed by atoms with Crippen molar-refractivity contribution in [3.63, 3.8) is 0 Å². The van der Waals surface area contributed by atoms with Crippen LogP contribution in [0, 0.1) is 0 Å². The predicted molar refractivity (Wildman–Crippen MR) is 116 cm³/mol. The molecule has 0 radical (unpaired) electrons. The molecule has 0 bridgehead atoms. The fourth-order valence-electron chi connectivity index (χ4n) is 4.39. The Bertz CT molecular complexity index is 1210. The molecule has 1 aliphatic rings. The van der Waals surface area contributed by atoms with E-state index in [1.54, 1.807) is 0 Å². The molecule has 0 spiro atoms. The van der Waals surface area contributed by atoms with Crippen LogP contribution in [0.2, 0.25) is 0 Å². The molecule has 0 aromatic heterocycles. The largest absolute Gasteiger partial charge is 0.310 e. The number of anilines is 3. The second-order valence-electron chi connectivity index (χ2n) is 7.91. The molecule has 0 N–H and O–H groups in total. The third-order valence-corrected chi connectivity index (χ3v) is 5.86. The summed E-state index contributed by atoms with van der Waals surface area (Å²) in [5.74, 6) is 0. The van der Waals surface area contributed by atoms with Gasteiger partial charge in [-0.15, -0.1) is 0 Å². The Morgan fingerprint density at radius 1 is 0.714 bits per heavy atom. The molecule has 5 rings (SSSR count). The first-order valence-corrected chi connectivity index (χ1v) is 9.58. The van der Waals surface area contributed by atoms with Gasteiger partial charge in [0.2, 0.25) is 0 Å². The van der Waals surface area contributed by atoms with Gasteiger partial charge in [-0.25, -0.2) is 0 Å². The quantitative estimate of drug-likeness (QED) is 0.367. The molecule has 4 aromatic carbocycles. The number of para-hydroxylation sites is 2. The number of carbonyl (C=O) groups is 1. The maximum absolute atomic E-state index is 11.3. The van der Waals surface area contributed by atoms with Crippen LogP contribution >= 0.6 is 0 Å². The third-order valence-electron chi connectivity index (χ3n) is 5.86. The first kappa shape index (κ1) is 16.8. The lowest BCUT2D eigenvalue weighted by molar-refractivity contribution is 0.112. The van der Waals surface area contributed by atoms with E-state index >= 15 is 0 Å². The van der Waals surface area contributed by atoms with Crippen molar-refractivity contribution >= 4 is 34.1 Å². The minimum absolute atomic E-state index is 0.136. The van der Waals surface area contributed by atoms with E-state index in [1.807, 2.05) is 24.3 Å². The van der Waals surface area contributed by atoms with Gasteiger partial charge in [-0.2, -0.15) is 0 Å². The zero-order chi connectivity index (χ0) is 19.3. The second kappa shape index (κ2) is 6.07. The van der Waals surface area contributed by atoms with Crippen LogP contribution < -0.4 is 4.90 Å². The van der Waals surface area contributed by atoms with Crippen molar-refractivity contribution in [1.82, 2.24) is 0 Å². The van der Waals surface area contributed by atoms with E-state index in [4.69, 9.17) is 0 Å². The smallest absolute Gasteiger partial charge is 0.150 e. The van der Waals surface area contributed by atoms with Crippen LogP contribution in [0.5, 0.6) is 0 Å². The summed E-state index contributed by atoms with van der Waals surface area (Å²) in [7, 11) is 0. The first-order valence-electron chi connectivity index (χ1n) is 9.58. The summed E-state index contributed by atoms with van der Waals surface area (Å²) in [5, 5.41) is 2.24. The molecule has 0 fully saturated rings. The van der Waals surface area contributed by atoms with Crippen LogP contribution in [-0.4, -0.2) is 6.29 Å². The van der Waals surface area contributed by atoms with Crippen molar-refractivity contribution in [2.45, 2.75) is 19.3 Å². The third kappa shape index (κ3) is 2.38. The molecule has 28 heavy (non-hydrogen) atoms. The Labute approximate surface area is 165 Å². The predicted octanol–water partition coefficient (Wildman–Crippen LogP) is 6.76. The topological polar surface area (TPSA) is 20.3 Å². The van der Waals surface area contributed by atoms with Crippen molar-refractivity contribution in [2.24, 2.45) is 0 Å². The maximum atomic E-state index is 11.3. The number of rotatable bonds is 2. The molecule has 0 aliphatic carbocycles. The molecule has 4 aromatic rings. The van der Waals surface area contributed by atoms with E-state index in [2.05, 4.69) is 79.4 Å². The van der Waals surface area contributed by atoms with E-state index < -0.39 is 0 Å². The summed E-state index contributed by atoms with van der Waals surface area (Å²) < 4.78 is 0. The standard InChI is InChI=1S/C26H21NO/c1-26(2)22-10-6-7-11-24(22)27(21-8-4-3-5-9-21)25-16-19-13-12-18(17-28)14-20(19)15-23(25)26/h3-17H,1-2H3. The molecule has 2 nitrogen and oxygen atoms in total. The van der Waals surface area contributed by atoms with Crippen LogP contribution in [0.3, 0.4) is 0 Å². The molecule has 0 saturated carbocycles. The van der Waals surface area contributed by atoms with Gasteiger partial charge in [-0.05, 0) is 58.3 Å². The zero-order valence-corrected chi connectivity index (χ0v) is 16.0. The van der Waals surface area contributed by atoms with Crippen LogP contribution in [0.25, 0.3) is 10.8 Å². The van der Waals surface area contributed by atoms with E-state index in [1.165, 1.54) is 22.5 Å². The first-order chi connectivity index (χ1) is 13.6. The van der Waals surface area contributed by atoms with Gasteiger partial charge in [0.05, 0.1) is 11.4 Å². The molecule has 1 aliphatic heterocycles. The normalized spacial score (nSPS) is 14.4. The minimum atomic E-state index is -0.136. The molecule has 1 heterocycles. The highest BCUT2D eigenvalue weighted by Crippen LogP contribution is 2.52. The van der Waals surface area contributed by atoms with E-state index in [0.29, 0.717) is 5.56 Å². The molecule has 0 unspecified atom stereocenters. The zero-order valence-electron chi connectivity index (χ0n) is 16.0. The number of carbonyl (C=O) groups excluding carboxylic acids is 1. The molecule has 0 saturated heterocycles. The van der Waals surface area contributed by atoms with Gasteiger partial charge in [0.1, 0.15) is 6.29 Å². The van der Waals surface area contributed by atoms with Gasteiger partial charge in [-0.1, -0.05) is 62.4 Å². The van der Waals surface area contributed by atoms with Gasteiger partial charge < -0.3 is 4.90 Å². The number of fused-ring (bicyclic) bond motifs is 3. The Hall–Kier alpha value is -3.39. The van der Waals surface area contributed by atoms with Crippen molar-refractivity contribution < 1.29 is 4.79 Å². The van der Waals surface area contributed by atoms with Gasteiger partial charge in [0.25, 0.3) is 0 Å². The second-order valence-corrected chi connectivity index (χ2v) is 7.91. The Morgan fingerprint density at radius 3 is 2.25 bits per heavy atom. The van der Waals surface area contributed by atoms with Crippen molar-refractivity contribution in [3.05, 3.63) is 102 Å². The van der Waals surface area contributed by atoms with Crippen molar-refractivity contribution in [2.75, 3.05) is 4.90 Å². The fourth-order valence-corrected chi connectivity index (χ4v) is 4.39. The average Bonchev–Trinajstić information content (AvgIpc) is 2.73. The monoisotopic (exact) mass is 363 g/mol. The van der Waals surface area contributed by atoms with E-state index in [9.17, 15) is 4.79 Å². The number of nitrogens with zero attached hydrogens (tertiary/aromatic N) is 1. The highest BCUT2D eigenvalue weighted by molar-refractivity contribution is 5.96. The van der Waals surface area contributed by atoms with Gasteiger partial charge in [0.15, 0.2) is 0 Å². The average molecular weight is 363 g/mol. The summed E-state index contributed by atoms with van der Waals surface area (Å²) in [6.07, 6.45) is 0.912. The van der Waals surface area contributed by atoms with Crippen LogP contribution in [0.1, 0.15) is 35.3 Å². The fraction of sp³-hybridized carbons (Fsp3) is 0.115. The Kier molecular flexibility index (Phi) is 3.63. The number of hydrogen-bond acceptors (Lipinski definition) is 2. The lowest BCUT2D eigenvalue weighted by atomic mass is 9.73. The summed E-state index contributed by atoms with van der Waals surface area (Å²) in [4.78, 5) is 13.6. The summed E-state index contributed by atoms with van der Waals surface area (Å²) in [6.45, 7) is 4.56. The van der Waals surface area contributed by atoms with Gasteiger partial charge >= 0.3 is 0 Å². The highest BCUT2D eigenvalue weighted by atomic mass is 16.1. The lowest BCUT2D eigenvalue weighted by Gasteiger charge is -2.42. The SMILES string of the molecule is CC1(C)c2ccccc2N(c2ccccc2)c2cc3ccc(C=O)cc3cc21. The Morgan fingerprint density at radius 2 is 1.46 bits per heavy atom. The maximum Gasteiger partial charge on any atom is 0.150 e. The summed E-state index contributed by atoms with van der Waals surface area (Å²) in [6, 6.07) is 29.6. The van der Waals surface area contributed by atoms with Crippen molar-refractivity contribution in [3.8, 4) is 0 Å². The van der Waals surface area contributed by atoms with Gasteiger partial charge in [-0.3, -0.25) is 4.79 Å². The Balaban J connectivity index is 1.86. The molecular formula is C26H21NO. The molecule has 0 amide bonds.